The first-order chi connectivity index (χ1) is 10.1. The van der Waals surface area contributed by atoms with Gasteiger partial charge in [-0.1, -0.05) is 20.8 Å². The number of hydrogen-bond acceptors (Lipinski definition) is 3. The highest BCUT2D eigenvalue weighted by Crippen LogP contribution is 2.39. The molecule has 1 heterocycles. The zero-order valence-corrected chi connectivity index (χ0v) is 14.5. The molecule has 1 aliphatic carbocycles. The third-order valence-electron chi connectivity index (χ3n) is 5.44. The van der Waals surface area contributed by atoms with E-state index in [0.29, 0.717) is 5.41 Å². The largest absolute Gasteiger partial charge is 0.379 e. The van der Waals surface area contributed by atoms with E-state index >= 15 is 0 Å². The summed E-state index contributed by atoms with van der Waals surface area (Å²) in [4.78, 5) is 2.53. The summed E-state index contributed by atoms with van der Waals surface area (Å²) in [5.41, 5.74) is 0.510. The Bertz CT molecular complexity index is 273. The number of nitrogens with zero attached hydrogens (tertiary/aromatic N) is 1. The standard InChI is InChI=1S/C18H36N2O/c1-18(2,3)17-7-5-16(6-8-17)15-19-9-4-10-20-11-13-21-14-12-20/h16-17,19H,4-15H2,1-3H3. The Hall–Kier alpha value is -0.120. The molecule has 0 atom stereocenters. The molecular weight excluding hydrogens is 260 g/mol. The van der Waals surface area contributed by atoms with Crippen molar-refractivity contribution in [1.29, 1.82) is 0 Å². The van der Waals surface area contributed by atoms with Gasteiger partial charge in [-0.25, -0.2) is 0 Å². The van der Waals surface area contributed by atoms with Gasteiger partial charge in [0.25, 0.3) is 0 Å². The Morgan fingerprint density at radius 2 is 1.71 bits per heavy atom. The van der Waals surface area contributed by atoms with Crippen molar-refractivity contribution in [3.8, 4) is 0 Å². The lowest BCUT2D eigenvalue weighted by Gasteiger charge is -2.37. The van der Waals surface area contributed by atoms with E-state index in [9.17, 15) is 0 Å². The molecule has 0 amide bonds. The van der Waals surface area contributed by atoms with Crippen molar-refractivity contribution in [2.24, 2.45) is 17.3 Å². The van der Waals surface area contributed by atoms with E-state index in [4.69, 9.17) is 4.74 Å². The maximum atomic E-state index is 5.38. The van der Waals surface area contributed by atoms with Crippen molar-refractivity contribution >= 4 is 0 Å². The molecule has 1 saturated heterocycles. The van der Waals surface area contributed by atoms with Crippen molar-refractivity contribution in [3.63, 3.8) is 0 Å². The van der Waals surface area contributed by atoms with Crippen LogP contribution in [0.25, 0.3) is 0 Å². The van der Waals surface area contributed by atoms with Crippen LogP contribution in [0.2, 0.25) is 0 Å². The Labute approximate surface area is 131 Å². The van der Waals surface area contributed by atoms with E-state index < -0.39 is 0 Å². The Kier molecular flexibility index (Phi) is 6.97. The summed E-state index contributed by atoms with van der Waals surface area (Å²) in [6.45, 7) is 14.9. The summed E-state index contributed by atoms with van der Waals surface area (Å²) < 4.78 is 5.38. The SMILES string of the molecule is CC(C)(C)C1CCC(CNCCCN2CCOCC2)CC1. The molecule has 0 bridgehead atoms. The van der Waals surface area contributed by atoms with Crippen LogP contribution in [-0.2, 0) is 4.74 Å². The van der Waals surface area contributed by atoms with Crippen molar-refractivity contribution < 1.29 is 4.74 Å². The van der Waals surface area contributed by atoms with Crippen LogP contribution in [0.5, 0.6) is 0 Å². The van der Waals surface area contributed by atoms with E-state index in [1.165, 1.54) is 51.7 Å². The van der Waals surface area contributed by atoms with Gasteiger partial charge in [0.05, 0.1) is 13.2 Å². The molecule has 1 N–H and O–H groups in total. The van der Waals surface area contributed by atoms with Crippen LogP contribution in [-0.4, -0.2) is 50.8 Å². The molecule has 124 valence electrons. The first kappa shape index (κ1) is 17.2. The lowest BCUT2D eigenvalue weighted by Crippen LogP contribution is -2.38. The molecule has 2 rings (SSSR count). The first-order valence-electron chi connectivity index (χ1n) is 9.06. The highest BCUT2D eigenvalue weighted by atomic mass is 16.5. The van der Waals surface area contributed by atoms with Gasteiger partial charge in [0.1, 0.15) is 0 Å². The molecule has 0 unspecified atom stereocenters. The highest BCUT2D eigenvalue weighted by Gasteiger charge is 2.29. The second-order valence-corrected chi connectivity index (χ2v) is 8.10. The summed E-state index contributed by atoms with van der Waals surface area (Å²) in [6.07, 6.45) is 7.00. The van der Waals surface area contributed by atoms with Crippen LogP contribution in [0.1, 0.15) is 52.9 Å². The Morgan fingerprint density at radius 3 is 2.33 bits per heavy atom. The van der Waals surface area contributed by atoms with E-state index in [2.05, 4.69) is 31.0 Å². The maximum absolute atomic E-state index is 5.38. The second kappa shape index (κ2) is 8.50. The molecule has 2 fully saturated rings. The summed E-state index contributed by atoms with van der Waals surface area (Å²) in [7, 11) is 0. The van der Waals surface area contributed by atoms with Gasteiger partial charge in [-0.2, -0.15) is 0 Å². The number of hydrogen-bond donors (Lipinski definition) is 1. The minimum atomic E-state index is 0.510. The molecule has 21 heavy (non-hydrogen) atoms. The smallest absolute Gasteiger partial charge is 0.0594 e. The molecule has 1 aliphatic heterocycles. The molecule has 3 heteroatoms. The van der Waals surface area contributed by atoms with Crippen LogP contribution in [0.15, 0.2) is 0 Å². The lowest BCUT2D eigenvalue weighted by atomic mass is 9.70. The molecule has 0 spiro atoms. The molecule has 0 radical (unpaired) electrons. The molecule has 0 aromatic rings. The number of rotatable bonds is 6. The minimum Gasteiger partial charge on any atom is -0.379 e. The molecule has 0 aromatic carbocycles. The van der Waals surface area contributed by atoms with E-state index in [-0.39, 0.29) is 0 Å². The van der Waals surface area contributed by atoms with Crippen LogP contribution in [0.3, 0.4) is 0 Å². The van der Waals surface area contributed by atoms with Crippen molar-refractivity contribution in [2.45, 2.75) is 52.9 Å². The van der Waals surface area contributed by atoms with Gasteiger partial charge in [0, 0.05) is 13.1 Å². The van der Waals surface area contributed by atoms with Gasteiger partial charge in [-0.3, -0.25) is 4.90 Å². The molecular formula is C18H36N2O. The highest BCUT2D eigenvalue weighted by molar-refractivity contribution is 4.81. The summed E-state index contributed by atoms with van der Waals surface area (Å²) in [5.74, 6) is 1.86. The van der Waals surface area contributed by atoms with Gasteiger partial charge in [-0.15, -0.1) is 0 Å². The first-order valence-corrected chi connectivity index (χ1v) is 9.06. The fourth-order valence-electron chi connectivity index (χ4n) is 3.79. The second-order valence-electron chi connectivity index (χ2n) is 8.10. The number of nitrogens with one attached hydrogen (secondary N) is 1. The average molecular weight is 296 g/mol. The van der Waals surface area contributed by atoms with Gasteiger partial charge in [0.2, 0.25) is 0 Å². The third kappa shape index (κ3) is 6.25. The molecule has 2 aliphatic rings. The Balaban J connectivity index is 1.48. The van der Waals surface area contributed by atoms with E-state index in [1.807, 2.05) is 0 Å². The molecule has 3 nitrogen and oxygen atoms in total. The van der Waals surface area contributed by atoms with Gasteiger partial charge in [-0.05, 0) is 69.0 Å². The number of ether oxygens (including phenoxy) is 1. The normalized spacial score (nSPS) is 28.7. The van der Waals surface area contributed by atoms with Gasteiger partial charge in [0.15, 0.2) is 0 Å². The fraction of sp³-hybridized carbons (Fsp3) is 1.00. The fourth-order valence-corrected chi connectivity index (χ4v) is 3.79. The molecule has 1 saturated carbocycles. The summed E-state index contributed by atoms with van der Waals surface area (Å²) in [5, 5.41) is 3.69. The molecule has 0 aromatic heterocycles. The van der Waals surface area contributed by atoms with Crippen LogP contribution in [0, 0.1) is 17.3 Å². The average Bonchev–Trinajstić information content (AvgIpc) is 2.47. The predicted molar refractivity (Wildman–Crippen MR) is 89.6 cm³/mol. The van der Waals surface area contributed by atoms with E-state index in [0.717, 1.165) is 38.1 Å². The Morgan fingerprint density at radius 1 is 1.05 bits per heavy atom. The zero-order valence-electron chi connectivity index (χ0n) is 14.5. The maximum Gasteiger partial charge on any atom is 0.0594 e. The van der Waals surface area contributed by atoms with Crippen molar-refractivity contribution in [3.05, 3.63) is 0 Å². The quantitative estimate of drug-likeness (QED) is 0.762. The summed E-state index contributed by atoms with van der Waals surface area (Å²) in [6, 6.07) is 0. The monoisotopic (exact) mass is 296 g/mol. The van der Waals surface area contributed by atoms with Crippen molar-refractivity contribution in [2.75, 3.05) is 45.9 Å². The lowest BCUT2D eigenvalue weighted by molar-refractivity contribution is 0.0374. The third-order valence-corrected chi connectivity index (χ3v) is 5.44. The van der Waals surface area contributed by atoms with Crippen LogP contribution >= 0.6 is 0 Å². The summed E-state index contributed by atoms with van der Waals surface area (Å²) >= 11 is 0. The minimum absolute atomic E-state index is 0.510. The van der Waals surface area contributed by atoms with E-state index in [1.54, 1.807) is 0 Å². The van der Waals surface area contributed by atoms with Crippen LogP contribution in [0.4, 0.5) is 0 Å². The van der Waals surface area contributed by atoms with Gasteiger partial charge < -0.3 is 10.1 Å². The van der Waals surface area contributed by atoms with Gasteiger partial charge >= 0.3 is 0 Å². The predicted octanol–water partition coefficient (Wildman–Crippen LogP) is 3.15. The topological polar surface area (TPSA) is 24.5 Å². The number of morpholine rings is 1. The van der Waals surface area contributed by atoms with Crippen molar-refractivity contribution in [1.82, 2.24) is 10.2 Å². The zero-order chi connectivity index (χ0) is 15.1. The van der Waals surface area contributed by atoms with Crippen LogP contribution < -0.4 is 5.32 Å².